The van der Waals surface area contributed by atoms with Crippen LogP contribution in [0, 0.1) is 6.92 Å². The number of amides is 1. The lowest BCUT2D eigenvalue weighted by atomic mass is 10.1. The number of benzene rings is 1. The van der Waals surface area contributed by atoms with Gasteiger partial charge in [0.15, 0.2) is 0 Å². The monoisotopic (exact) mass is 376 g/mol. The number of oxazole rings is 1. The van der Waals surface area contributed by atoms with Gasteiger partial charge in [-0.15, -0.1) is 0 Å². The molecule has 3 rings (SSSR count). The predicted molar refractivity (Wildman–Crippen MR) is 100 cm³/mol. The number of carbonyl (C=O) groups excluding carboxylic acids is 1. The molecule has 1 aliphatic rings. The zero-order valence-electron chi connectivity index (χ0n) is 15.2. The lowest BCUT2D eigenvalue weighted by Crippen LogP contribution is -2.42. The second-order valence-corrected chi connectivity index (χ2v) is 7.75. The van der Waals surface area contributed by atoms with Gasteiger partial charge < -0.3 is 14.1 Å². The number of rotatable bonds is 6. The van der Waals surface area contributed by atoms with Crippen molar-refractivity contribution in [2.45, 2.75) is 26.0 Å². The average Bonchev–Trinajstić information content (AvgIpc) is 3.02. The SMILES string of the molecule is CCc1ccc(-c2nc(CS(=O)CC(=O)N3CCOCC3)c(C)o2)cc1. The fourth-order valence-corrected chi connectivity index (χ4v) is 3.95. The highest BCUT2D eigenvalue weighted by molar-refractivity contribution is 7.84. The van der Waals surface area contributed by atoms with Gasteiger partial charge in [0.05, 0.1) is 24.7 Å². The van der Waals surface area contributed by atoms with Crippen LogP contribution in [0.2, 0.25) is 0 Å². The summed E-state index contributed by atoms with van der Waals surface area (Å²) in [7, 11) is -1.32. The molecule has 1 aromatic heterocycles. The molecule has 26 heavy (non-hydrogen) atoms. The molecular formula is C19H24N2O4S. The summed E-state index contributed by atoms with van der Waals surface area (Å²) >= 11 is 0. The molecule has 1 amide bonds. The summed E-state index contributed by atoms with van der Waals surface area (Å²) in [6.07, 6.45) is 0.978. The molecule has 1 unspecified atom stereocenters. The molecule has 1 aromatic carbocycles. The Hall–Kier alpha value is -1.99. The predicted octanol–water partition coefficient (Wildman–Crippen LogP) is 2.32. The third-order valence-electron chi connectivity index (χ3n) is 4.45. The van der Waals surface area contributed by atoms with Crippen molar-refractivity contribution >= 4 is 16.7 Å². The molecule has 2 aromatic rings. The smallest absolute Gasteiger partial charge is 0.235 e. The first-order valence-corrected chi connectivity index (χ1v) is 10.3. The zero-order valence-corrected chi connectivity index (χ0v) is 16.0. The van der Waals surface area contributed by atoms with Gasteiger partial charge in [0.25, 0.3) is 0 Å². The fraction of sp³-hybridized carbons (Fsp3) is 0.474. The Labute approximate surface area is 156 Å². The topological polar surface area (TPSA) is 72.6 Å². The molecule has 0 bridgehead atoms. The van der Waals surface area contributed by atoms with Crippen LogP contribution in [0.5, 0.6) is 0 Å². The molecule has 1 atom stereocenters. The molecule has 0 N–H and O–H groups in total. The largest absolute Gasteiger partial charge is 0.441 e. The molecule has 1 fully saturated rings. The van der Waals surface area contributed by atoms with Crippen LogP contribution in [0.3, 0.4) is 0 Å². The van der Waals surface area contributed by atoms with E-state index in [1.807, 2.05) is 31.2 Å². The summed E-state index contributed by atoms with van der Waals surface area (Å²) in [5.41, 5.74) is 2.79. The average molecular weight is 376 g/mol. The Morgan fingerprint density at radius 3 is 2.58 bits per heavy atom. The Bertz CT molecular complexity index is 779. The van der Waals surface area contributed by atoms with Crippen LogP contribution in [0.1, 0.15) is 23.9 Å². The minimum Gasteiger partial charge on any atom is -0.441 e. The van der Waals surface area contributed by atoms with Crippen molar-refractivity contribution in [1.29, 1.82) is 0 Å². The maximum Gasteiger partial charge on any atom is 0.235 e. The summed E-state index contributed by atoms with van der Waals surface area (Å²) in [4.78, 5) is 18.4. The van der Waals surface area contributed by atoms with Gasteiger partial charge in [-0.3, -0.25) is 9.00 Å². The van der Waals surface area contributed by atoms with Crippen LogP contribution in [0.4, 0.5) is 0 Å². The van der Waals surface area contributed by atoms with Gasteiger partial charge in [0.1, 0.15) is 11.5 Å². The normalized spacial score (nSPS) is 15.8. The van der Waals surface area contributed by atoms with E-state index in [2.05, 4.69) is 11.9 Å². The Morgan fingerprint density at radius 1 is 1.23 bits per heavy atom. The lowest BCUT2D eigenvalue weighted by Gasteiger charge is -2.26. The van der Waals surface area contributed by atoms with Gasteiger partial charge in [-0.2, -0.15) is 0 Å². The van der Waals surface area contributed by atoms with Crippen LogP contribution in [-0.2, 0) is 32.5 Å². The number of aryl methyl sites for hydroxylation is 2. The first kappa shape index (κ1) is 18.8. The third-order valence-corrected chi connectivity index (χ3v) is 5.61. The summed E-state index contributed by atoms with van der Waals surface area (Å²) in [6.45, 7) is 6.14. The first-order valence-electron chi connectivity index (χ1n) is 8.83. The van der Waals surface area contributed by atoms with E-state index in [0.717, 1.165) is 12.0 Å². The van der Waals surface area contributed by atoms with Crippen molar-refractivity contribution in [2.24, 2.45) is 0 Å². The highest BCUT2D eigenvalue weighted by Crippen LogP contribution is 2.23. The Balaban J connectivity index is 1.63. The number of aromatic nitrogens is 1. The molecule has 7 heteroatoms. The molecule has 6 nitrogen and oxygen atoms in total. The third kappa shape index (κ3) is 4.59. The first-order chi connectivity index (χ1) is 12.6. The molecule has 140 valence electrons. The Kier molecular flexibility index (Phi) is 6.21. The van der Waals surface area contributed by atoms with E-state index in [0.29, 0.717) is 43.6 Å². The number of hydrogen-bond acceptors (Lipinski definition) is 5. The van der Waals surface area contributed by atoms with Crippen molar-refractivity contribution in [1.82, 2.24) is 9.88 Å². The molecule has 0 aliphatic carbocycles. The van der Waals surface area contributed by atoms with Gasteiger partial charge in [-0.05, 0) is 31.0 Å². The fourth-order valence-electron chi connectivity index (χ4n) is 2.81. The van der Waals surface area contributed by atoms with E-state index in [1.165, 1.54) is 5.56 Å². The number of morpholine rings is 1. The van der Waals surface area contributed by atoms with E-state index in [-0.39, 0.29) is 17.4 Å². The maximum atomic E-state index is 12.4. The molecule has 1 aliphatic heterocycles. The molecule has 1 saturated heterocycles. The summed E-state index contributed by atoms with van der Waals surface area (Å²) in [6, 6.07) is 8.06. The van der Waals surface area contributed by atoms with Crippen LogP contribution in [0.15, 0.2) is 28.7 Å². The van der Waals surface area contributed by atoms with Gasteiger partial charge in [-0.25, -0.2) is 4.98 Å². The van der Waals surface area contributed by atoms with E-state index in [4.69, 9.17) is 9.15 Å². The maximum absolute atomic E-state index is 12.4. The minimum absolute atomic E-state index is 0.00678. The highest BCUT2D eigenvalue weighted by atomic mass is 32.2. The van der Waals surface area contributed by atoms with Crippen LogP contribution >= 0.6 is 0 Å². The standard InChI is InChI=1S/C19H24N2O4S/c1-3-15-4-6-16(7-5-15)19-20-17(14(2)25-19)12-26(23)13-18(22)21-8-10-24-11-9-21/h4-7H,3,8-13H2,1-2H3. The molecule has 0 radical (unpaired) electrons. The van der Waals surface area contributed by atoms with Crippen molar-refractivity contribution in [2.75, 3.05) is 32.1 Å². The molecular weight excluding hydrogens is 352 g/mol. The minimum atomic E-state index is -1.32. The molecule has 2 heterocycles. The van der Waals surface area contributed by atoms with E-state index >= 15 is 0 Å². The summed E-state index contributed by atoms with van der Waals surface area (Å²) < 4.78 is 23.4. The van der Waals surface area contributed by atoms with Gasteiger partial charge in [0.2, 0.25) is 11.8 Å². The van der Waals surface area contributed by atoms with Crippen molar-refractivity contribution in [3.8, 4) is 11.5 Å². The summed E-state index contributed by atoms with van der Waals surface area (Å²) in [5, 5.41) is 0. The number of nitrogens with zero attached hydrogens (tertiary/aromatic N) is 2. The van der Waals surface area contributed by atoms with Crippen LogP contribution in [0.25, 0.3) is 11.5 Å². The van der Waals surface area contributed by atoms with Gasteiger partial charge in [0, 0.05) is 29.5 Å². The van der Waals surface area contributed by atoms with Crippen LogP contribution in [-0.4, -0.2) is 52.1 Å². The van der Waals surface area contributed by atoms with Gasteiger partial charge >= 0.3 is 0 Å². The van der Waals surface area contributed by atoms with Crippen molar-refractivity contribution in [3.63, 3.8) is 0 Å². The van der Waals surface area contributed by atoms with E-state index in [9.17, 15) is 9.00 Å². The van der Waals surface area contributed by atoms with Gasteiger partial charge in [-0.1, -0.05) is 19.1 Å². The van der Waals surface area contributed by atoms with E-state index in [1.54, 1.807) is 4.90 Å². The number of ether oxygens (including phenoxy) is 1. The lowest BCUT2D eigenvalue weighted by molar-refractivity contribution is -0.132. The van der Waals surface area contributed by atoms with Crippen molar-refractivity contribution in [3.05, 3.63) is 41.3 Å². The molecule has 0 spiro atoms. The van der Waals surface area contributed by atoms with E-state index < -0.39 is 10.8 Å². The number of hydrogen-bond donors (Lipinski definition) is 0. The highest BCUT2D eigenvalue weighted by Gasteiger charge is 2.21. The van der Waals surface area contributed by atoms with Crippen LogP contribution < -0.4 is 0 Å². The Morgan fingerprint density at radius 2 is 1.92 bits per heavy atom. The zero-order chi connectivity index (χ0) is 18.5. The number of carbonyl (C=O) groups is 1. The quantitative estimate of drug-likeness (QED) is 0.774. The van der Waals surface area contributed by atoms with Crippen molar-refractivity contribution < 1.29 is 18.2 Å². The second kappa shape index (κ2) is 8.60. The molecule has 0 saturated carbocycles. The summed E-state index contributed by atoms with van der Waals surface area (Å²) in [5.74, 6) is 1.30. The second-order valence-electron chi connectivity index (χ2n) is 6.29.